The Morgan fingerprint density at radius 1 is 0.338 bits per heavy atom. The standard InChI is InChI=1S/C23H33N5.C21H31N5.C20H28FN5.C19H26ClN5.C19H24N6/c1-17-5-4-12-24-22(17)20-6-3-7-21(26(20)2)23-25-13-16-28(23)19-10-14-27(15-11-19)18-8-9-18;1-16-5-4-10-22-20(16)18-6-3-7-19(24-18)21-23-11-14-26(21)15-17-8-12-25(2)13-9-17;1-14-12-15(21)13-23-19(14)17-4-3-5-18(24-17)20-22-8-11-26(20)16-6-9-25(2)10-7-16;1-24-11-7-14(8-12-24)25-13-10-22-19(25)17-6-2-5-16(23-17)18-15(20)4-3-9-21-18;1-15-5-3-8-20-18(15)16-6-2-7-17(23-16)19-21-10-12-24(19)13-14-25-11-4-9-22-25/h4-5,12-13,16,18-21H,3,6-11,14-15H2,1-2H3;4-5,10-11,14,17-19,24H,3,6-9,12-13,15H2,1-2H3;8,11-13,16-18,24H,3-7,9-10H2,1-2H3;3-4,9-10,13-14,16-17,23H,2,5-8,11-12H2,1H3;3-5,8-12,16-17,23H,2,6-7,13-14H2,1H3/t20-,21+;18-,19+;17-,18+;2*16-,17+/m00000/s1. The summed E-state index contributed by atoms with van der Waals surface area (Å²) in [4.78, 5) is 59.0. The maximum atomic E-state index is 13.4. The minimum absolute atomic E-state index is 0.164. The Hall–Kier alpha value is -9.13. The van der Waals surface area contributed by atoms with Crippen LogP contribution in [0.15, 0.2) is 166 Å². The topological polar surface area (TPSA) is 236 Å². The van der Waals surface area contributed by atoms with Crippen LogP contribution < -0.4 is 21.3 Å². The predicted octanol–water partition coefficient (Wildman–Crippen LogP) is 18.1. The molecule has 10 aliphatic rings. The molecular weight excluding hydrogens is 1640 g/mol. The Morgan fingerprint density at radius 3 is 1.22 bits per heavy atom. The highest BCUT2D eigenvalue weighted by Crippen LogP contribution is 2.44. The number of halogens is 2. The van der Waals surface area contributed by atoms with Crippen LogP contribution in [0.1, 0.15) is 319 Å². The van der Waals surface area contributed by atoms with E-state index in [1.165, 1.54) is 180 Å². The van der Waals surface area contributed by atoms with Crippen molar-refractivity contribution in [3.63, 3.8) is 0 Å². The van der Waals surface area contributed by atoms with Crippen molar-refractivity contribution in [2.75, 3.05) is 80.5 Å². The molecule has 21 rings (SSSR count). The molecule has 0 radical (unpaired) electrons. The van der Waals surface area contributed by atoms with Gasteiger partial charge in [0.15, 0.2) is 0 Å². The van der Waals surface area contributed by atoms with Crippen LogP contribution in [0, 0.1) is 39.4 Å². The molecule has 11 aromatic heterocycles. The number of rotatable bonds is 19. The molecular formula is C102H142ClFN26. The van der Waals surface area contributed by atoms with E-state index < -0.39 is 0 Å². The second-order valence-electron chi connectivity index (χ2n) is 38.9. The average Bonchev–Trinajstić information content (AvgIpc) is 1.52. The maximum absolute atomic E-state index is 13.4. The van der Waals surface area contributed by atoms with E-state index in [0.717, 1.165) is 156 Å². The van der Waals surface area contributed by atoms with E-state index in [0.29, 0.717) is 48.3 Å². The van der Waals surface area contributed by atoms with Crippen molar-refractivity contribution in [3.05, 3.63) is 257 Å². The van der Waals surface area contributed by atoms with Crippen LogP contribution in [0.25, 0.3) is 0 Å². The Labute approximate surface area is 775 Å². The van der Waals surface area contributed by atoms with Gasteiger partial charge in [-0.2, -0.15) is 5.10 Å². The lowest BCUT2D eigenvalue weighted by atomic mass is 9.91. The van der Waals surface area contributed by atoms with Crippen LogP contribution in [0.4, 0.5) is 4.39 Å². The van der Waals surface area contributed by atoms with Crippen molar-refractivity contribution < 1.29 is 4.39 Å². The number of pyridine rings is 5. The van der Waals surface area contributed by atoms with Gasteiger partial charge in [0, 0.05) is 149 Å². The van der Waals surface area contributed by atoms with Crippen LogP contribution in [-0.2, 0) is 19.6 Å². The lowest BCUT2D eigenvalue weighted by Crippen LogP contribution is -2.38. The lowest BCUT2D eigenvalue weighted by molar-refractivity contribution is 0.0985. The van der Waals surface area contributed by atoms with E-state index in [1.54, 1.807) is 6.07 Å². The Balaban J connectivity index is 0.000000114. The monoisotopic (exact) mass is 1790 g/mol. The first-order valence-electron chi connectivity index (χ1n) is 49.2. The number of hydrogen-bond acceptors (Lipinski definition) is 20. The van der Waals surface area contributed by atoms with E-state index in [9.17, 15) is 4.39 Å². The summed E-state index contributed by atoms with van der Waals surface area (Å²) in [7, 11) is 8.90. The summed E-state index contributed by atoms with van der Waals surface area (Å²) in [6, 6.07) is 25.4. The Kier molecular flexibility index (Phi) is 31.8. The quantitative estimate of drug-likeness (QED) is 0.0589. The molecule has 1 aliphatic carbocycles. The smallest absolute Gasteiger partial charge is 0.141 e. The third kappa shape index (κ3) is 23.2. The zero-order valence-corrected chi connectivity index (χ0v) is 79.1. The first-order chi connectivity index (χ1) is 63.6. The normalized spacial score (nSPS) is 25.2. The van der Waals surface area contributed by atoms with Gasteiger partial charge < -0.3 is 42.4 Å². The van der Waals surface area contributed by atoms with Gasteiger partial charge in [-0.1, -0.05) is 29.8 Å². The number of imidazole rings is 5. The summed E-state index contributed by atoms with van der Waals surface area (Å²) in [6.45, 7) is 20.8. The molecule has 26 nitrogen and oxygen atoms in total. The molecule has 1 saturated carbocycles. The third-order valence-electron chi connectivity index (χ3n) is 29.8. The van der Waals surface area contributed by atoms with E-state index in [-0.39, 0.29) is 36.0 Å². The molecule has 0 bridgehead atoms. The van der Waals surface area contributed by atoms with Gasteiger partial charge >= 0.3 is 0 Å². The molecule has 0 unspecified atom stereocenters. The number of nitrogens with zero attached hydrogens (tertiary/aromatic N) is 22. The van der Waals surface area contributed by atoms with E-state index >= 15 is 0 Å². The zero-order chi connectivity index (χ0) is 89.4. The minimum Gasteiger partial charge on any atom is -0.333 e. The zero-order valence-electron chi connectivity index (χ0n) is 78.3. The summed E-state index contributed by atoms with van der Waals surface area (Å²) < 4.78 is 27.3. The first-order valence-corrected chi connectivity index (χ1v) is 49.6. The van der Waals surface area contributed by atoms with E-state index in [4.69, 9.17) is 36.5 Å². The van der Waals surface area contributed by atoms with E-state index in [1.807, 2.05) is 116 Å². The summed E-state index contributed by atoms with van der Waals surface area (Å²) in [5.41, 5.74) is 10.3. The van der Waals surface area contributed by atoms with Gasteiger partial charge in [-0.25, -0.2) is 29.3 Å². The summed E-state index contributed by atoms with van der Waals surface area (Å²) >= 11 is 6.37. The van der Waals surface area contributed by atoms with Crippen molar-refractivity contribution in [3.8, 4) is 0 Å². The molecule has 10 atom stereocenters. The van der Waals surface area contributed by atoms with Gasteiger partial charge in [0.05, 0.1) is 107 Å². The van der Waals surface area contributed by atoms with Crippen LogP contribution in [0.5, 0.6) is 0 Å². The van der Waals surface area contributed by atoms with Gasteiger partial charge in [0.2, 0.25) is 0 Å². The van der Waals surface area contributed by atoms with Crippen molar-refractivity contribution in [2.45, 2.75) is 292 Å². The summed E-state index contributed by atoms with van der Waals surface area (Å²) in [6.07, 6.45) is 63.1. The summed E-state index contributed by atoms with van der Waals surface area (Å²) in [5.74, 6) is 6.42. The molecule has 130 heavy (non-hydrogen) atoms. The van der Waals surface area contributed by atoms with Crippen LogP contribution in [0.3, 0.4) is 0 Å². The van der Waals surface area contributed by atoms with Crippen molar-refractivity contribution in [1.82, 2.24) is 128 Å². The van der Waals surface area contributed by atoms with Crippen molar-refractivity contribution >= 4 is 11.6 Å². The third-order valence-corrected chi connectivity index (χ3v) is 30.1. The molecule has 0 aromatic carbocycles. The van der Waals surface area contributed by atoms with Crippen LogP contribution in [0.2, 0.25) is 5.02 Å². The lowest BCUT2D eigenvalue weighted by Gasteiger charge is -2.41. The van der Waals surface area contributed by atoms with Gasteiger partial charge in [0.1, 0.15) is 34.9 Å². The molecule has 9 aliphatic heterocycles. The van der Waals surface area contributed by atoms with Gasteiger partial charge in [-0.3, -0.25) is 55.8 Å². The molecule has 20 heterocycles. The second kappa shape index (κ2) is 44.6. The fourth-order valence-corrected chi connectivity index (χ4v) is 22.6. The van der Waals surface area contributed by atoms with Crippen molar-refractivity contribution in [2.24, 2.45) is 5.92 Å². The largest absolute Gasteiger partial charge is 0.333 e. The average molecular weight is 1790 g/mol. The number of piperidine rings is 9. The molecule has 11 aromatic rings. The number of aryl methyl sites for hydroxylation is 6. The number of aromatic nitrogens is 17. The first kappa shape index (κ1) is 92.7. The Bertz CT molecular complexity index is 5290. The highest BCUT2D eigenvalue weighted by atomic mass is 35.5. The van der Waals surface area contributed by atoms with Gasteiger partial charge in [0.25, 0.3) is 0 Å². The summed E-state index contributed by atoms with van der Waals surface area (Å²) in [5, 5.41) is 20.2. The van der Waals surface area contributed by atoms with Gasteiger partial charge in [-0.15, -0.1) is 0 Å². The highest BCUT2D eigenvalue weighted by Gasteiger charge is 2.39. The van der Waals surface area contributed by atoms with E-state index in [2.05, 4.69) is 197 Å². The Morgan fingerprint density at radius 2 is 0.738 bits per heavy atom. The SMILES string of the molecule is CN1CCC(n2ccnc2[C@H]2CCC[C@@H](c3ncccc3Cl)N2)CC1.Cc1cc(F)cnc1[C@@H]1CCC[C@H](c2nccn2C2CCN(C)CC2)N1.Cc1cccnc1[C@@H]1CCC[C@H](c2nccn2C2CCN(C3CC3)CC2)N1C.Cc1cccnc1[C@@H]1CCC[C@H](c2nccn2CC2CCN(C)CC2)N1.Cc1cccnc1[C@@H]1CCC[C@H](c2nccn2CCn2cccn2)N1. The molecule has 694 valence electrons. The molecule has 4 N–H and O–H groups in total. The molecule has 0 spiro atoms. The van der Waals surface area contributed by atoms with Gasteiger partial charge in [-0.05, 0) is 326 Å². The molecule has 28 heteroatoms. The molecule has 9 saturated heterocycles. The number of hydrogen-bond donors (Lipinski definition) is 4. The molecule has 0 amide bonds. The second-order valence-corrected chi connectivity index (χ2v) is 39.3. The number of likely N-dealkylation sites (tertiary alicyclic amines) is 5. The predicted molar refractivity (Wildman–Crippen MR) is 510 cm³/mol. The van der Waals surface area contributed by atoms with Crippen molar-refractivity contribution in [1.29, 1.82) is 0 Å². The van der Waals surface area contributed by atoms with Crippen LogP contribution in [-0.4, -0.2) is 194 Å². The number of nitrogens with one attached hydrogen (secondary N) is 4. The fraction of sp³-hybridized carbons (Fsp3) is 0.578. The molecule has 10 fully saturated rings. The highest BCUT2D eigenvalue weighted by molar-refractivity contribution is 6.31. The minimum atomic E-state index is -0.267. The maximum Gasteiger partial charge on any atom is 0.141 e. The fourth-order valence-electron chi connectivity index (χ4n) is 22.3. The van der Waals surface area contributed by atoms with Crippen LogP contribution >= 0.6 is 11.6 Å².